The predicted molar refractivity (Wildman–Crippen MR) is 143 cm³/mol. The summed E-state index contributed by atoms with van der Waals surface area (Å²) in [6.07, 6.45) is 1.16. The van der Waals surface area contributed by atoms with Crippen LogP contribution in [0.1, 0.15) is 38.8 Å². The summed E-state index contributed by atoms with van der Waals surface area (Å²) < 4.78 is 0. The van der Waals surface area contributed by atoms with Gasteiger partial charge in [0.2, 0.25) is 0 Å². The smallest absolute Gasteiger partial charge is 0.194 e. The second-order valence-corrected chi connectivity index (χ2v) is 8.37. The molecule has 31 heavy (non-hydrogen) atoms. The summed E-state index contributed by atoms with van der Waals surface area (Å²) in [7, 11) is 0. The lowest BCUT2D eigenvalue weighted by atomic mass is 10.0. The van der Waals surface area contributed by atoms with Crippen molar-refractivity contribution in [2.75, 3.05) is 78.5 Å². The minimum Gasteiger partial charge on any atom is -0.357 e. The molecule has 1 aromatic carbocycles. The van der Waals surface area contributed by atoms with Gasteiger partial charge in [0, 0.05) is 71.5 Å². The van der Waals surface area contributed by atoms with E-state index in [0.29, 0.717) is 6.04 Å². The average Bonchev–Trinajstić information content (AvgIpc) is 2.81. The minimum atomic E-state index is 0. The van der Waals surface area contributed by atoms with Crippen molar-refractivity contribution < 1.29 is 0 Å². The monoisotopic (exact) mass is 542 g/mol. The summed E-state index contributed by atoms with van der Waals surface area (Å²) >= 11 is 0. The molecule has 0 saturated carbocycles. The first-order valence-corrected chi connectivity index (χ1v) is 12.0. The van der Waals surface area contributed by atoms with Crippen molar-refractivity contribution in [2.24, 2.45) is 4.99 Å². The molecule has 0 aromatic heterocycles. The van der Waals surface area contributed by atoms with Gasteiger partial charge in [0.25, 0.3) is 0 Å². The lowest BCUT2D eigenvalue weighted by Crippen LogP contribution is -2.53. The zero-order valence-electron chi connectivity index (χ0n) is 19.8. The Labute approximate surface area is 207 Å². The van der Waals surface area contributed by atoms with Crippen LogP contribution in [0.4, 0.5) is 0 Å². The summed E-state index contributed by atoms with van der Waals surface area (Å²) in [5, 5.41) is 3.53. The van der Waals surface area contributed by atoms with E-state index in [-0.39, 0.29) is 24.0 Å². The summed E-state index contributed by atoms with van der Waals surface area (Å²) in [4.78, 5) is 15.2. The highest BCUT2D eigenvalue weighted by molar-refractivity contribution is 14.0. The Hall–Kier alpha value is -0.900. The van der Waals surface area contributed by atoms with Gasteiger partial charge < -0.3 is 15.1 Å². The molecule has 7 heteroatoms. The number of hydrogen-bond acceptors (Lipinski definition) is 4. The van der Waals surface area contributed by atoms with E-state index in [1.807, 2.05) is 0 Å². The number of halogens is 1. The van der Waals surface area contributed by atoms with Crippen molar-refractivity contribution >= 4 is 29.9 Å². The number of likely N-dealkylation sites (N-methyl/N-ethyl adjacent to an activating group) is 1. The van der Waals surface area contributed by atoms with Crippen LogP contribution in [0.15, 0.2) is 35.3 Å². The third-order valence-corrected chi connectivity index (χ3v) is 6.55. The van der Waals surface area contributed by atoms with Gasteiger partial charge in [0.05, 0.1) is 6.54 Å². The van der Waals surface area contributed by atoms with Crippen LogP contribution in [0.5, 0.6) is 0 Å². The van der Waals surface area contributed by atoms with E-state index in [9.17, 15) is 0 Å². The quantitative estimate of drug-likeness (QED) is 0.311. The van der Waals surface area contributed by atoms with E-state index in [1.165, 1.54) is 38.3 Å². The van der Waals surface area contributed by atoms with Gasteiger partial charge in [-0.15, -0.1) is 24.0 Å². The van der Waals surface area contributed by atoms with Gasteiger partial charge in [-0.2, -0.15) is 0 Å². The van der Waals surface area contributed by atoms with E-state index in [2.05, 4.69) is 76.0 Å². The van der Waals surface area contributed by atoms with Crippen molar-refractivity contribution in [1.82, 2.24) is 24.9 Å². The maximum atomic E-state index is 4.98. The number of guanidine groups is 1. The van der Waals surface area contributed by atoms with E-state index in [4.69, 9.17) is 4.99 Å². The summed E-state index contributed by atoms with van der Waals surface area (Å²) in [6.45, 7) is 19.8. The van der Waals surface area contributed by atoms with Crippen LogP contribution in [0.2, 0.25) is 0 Å². The molecule has 2 heterocycles. The minimum absolute atomic E-state index is 0. The molecular formula is C24H43IN6. The standard InChI is InChI=1S/C24H42N6.HI/c1-4-23(22-10-8-7-9-11-22)29-18-20-30(21-19-29)24(25-5-2)26-12-13-28-16-14-27(6-3)15-17-28;/h7-11,23H,4-6,12-21H2,1-3H3,(H,25,26);1H. The Morgan fingerprint density at radius 1 is 0.903 bits per heavy atom. The summed E-state index contributed by atoms with van der Waals surface area (Å²) in [6, 6.07) is 11.5. The number of nitrogens with one attached hydrogen (secondary N) is 1. The second-order valence-electron chi connectivity index (χ2n) is 8.37. The van der Waals surface area contributed by atoms with Crippen LogP contribution >= 0.6 is 24.0 Å². The molecule has 3 rings (SSSR count). The van der Waals surface area contributed by atoms with Gasteiger partial charge in [-0.05, 0) is 25.5 Å². The summed E-state index contributed by atoms with van der Waals surface area (Å²) in [5.41, 5.74) is 1.44. The van der Waals surface area contributed by atoms with Crippen LogP contribution < -0.4 is 5.32 Å². The molecule has 1 unspecified atom stereocenters. The van der Waals surface area contributed by atoms with Gasteiger partial charge >= 0.3 is 0 Å². The van der Waals surface area contributed by atoms with Crippen molar-refractivity contribution in [3.8, 4) is 0 Å². The highest BCUT2D eigenvalue weighted by Crippen LogP contribution is 2.25. The lowest BCUT2D eigenvalue weighted by Gasteiger charge is -2.40. The fourth-order valence-electron chi connectivity index (χ4n) is 4.68. The first-order valence-electron chi connectivity index (χ1n) is 12.0. The van der Waals surface area contributed by atoms with Crippen molar-refractivity contribution in [2.45, 2.75) is 33.2 Å². The first kappa shape index (κ1) is 26.4. The SMILES string of the molecule is CCNC(=NCCN1CCN(CC)CC1)N1CCN(C(CC)c2ccccc2)CC1.I. The van der Waals surface area contributed by atoms with Crippen LogP contribution in [0.25, 0.3) is 0 Å². The number of nitrogens with zero attached hydrogens (tertiary/aromatic N) is 5. The van der Waals surface area contributed by atoms with Crippen LogP contribution in [0, 0.1) is 0 Å². The van der Waals surface area contributed by atoms with Gasteiger partial charge in [-0.25, -0.2) is 0 Å². The molecule has 2 fully saturated rings. The van der Waals surface area contributed by atoms with E-state index < -0.39 is 0 Å². The van der Waals surface area contributed by atoms with Gasteiger partial charge in [0.1, 0.15) is 0 Å². The normalized spacial score (nSPS) is 20.4. The highest BCUT2D eigenvalue weighted by Gasteiger charge is 2.25. The molecule has 1 N–H and O–H groups in total. The highest BCUT2D eigenvalue weighted by atomic mass is 127. The fraction of sp³-hybridized carbons (Fsp3) is 0.708. The van der Waals surface area contributed by atoms with Crippen molar-refractivity contribution in [3.63, 3.8) is 0 Å². The third-order valence-electron chi connectivity index (χ3n) is 6.55. The fourth-order valence-corrected chi connectivity index (χ4v) is 4.68. The molecule has 0 spiro atoms. The molecular weight excluding hydrogens is 499 g/mol. The molecule has 0 amide bonds. The van der Waals surface area contributed by atoms with Gasteiger partial charge in [-0.1, -0.05) is 44.2 Å². The zero-order valence-corrected chi connectivity index (χ0v) is 22.1. The zero-order chi connectivity index (χ0) is 21.2. The average molecular weight is 543 g/mol. The molecule has 0 aliphatic carbocycles. The van der Waals surface area contributed by atoms with Crippen LogP contribution in [-0.2, 0) is 0 Å². The lowest BCUT2D eigenvalue weighted by molar-refractivity contribution is 0.126. The Morgan fingerprint density at radius 3 is 2.13 bits per heavy atom. The number of rotatable bonds is 8. The molecule has 2 aliphatic rings. The Balaban J connectivity index is 0.00000341. The van der Waals surface area contributed by atoms with Crippen molar-refractivity contribution in [3.05, 3.63) is 35.9 Å². The number of piperazine rings is 2. The predicted octanol–water partition coefficient (Wildman–Crippen LogP) is 2.98. The van der Waals surface area contributed by atoms with Crippen LogP contribution in [-0.4, -0.2) is 104 Å². The van der Waals surface area contributed by atoms with Gasteiger partial charge in [0.15, 0.2) is 5.96 Å². The van der Waals surface area contributed by atoms with Crippen molar-refractivity contribution in [1.29, 1.82) is 0 Å². The molecule has 176 valence electrons. The molecule has 2 saturated heterocycles. The molecule has 2 aliphatic heterocycles. The Kier molecular flexibility index (Phi) is 12.1. The maximum absolute atomic E-state index is 4.98. The number of hydrogen-bond donors (Lipinski definition) is 1. The van der Waals surface area contributed by atoms with Crippen LogP contribution in [0.3, 0.4) is 0 Å². The van der Waals surface area contributed by atoms with E-state index >= 15 is 0 Å². The topological polar surface area (TPSA) is 37.4 Å². The first-order chi connectivity index (χ1) is 14.7. The largest absolute Gasteiger partial charge is 0.357 e. The third kappa shape index (κ3) is 7.87. The Morgan fingerprint density at radius 2 is 1.55 bits per heavy atom. The van der Waals surface area contributed by atoms with E-state index in [1.54, 1.807) is 0 Å². The maximum Gasteiger partial charge on any atom is 0.194 e. The second kappa shape index (κ2) is 14.3. The number of benzene rings is 1. The Bertz CT molecular complexity index is 624. The molecule has 0 bridgehead atoms. The number of aliphatic imine (C=N–C) groups is 1. The molecule has 1 aromatic rings. The molecule has 0 radical (unpaired) electrons. The molecule has 6 nitrogen and oxygen atoms in total. The van der Waals surface area contributed by atoms with Gasteiger partial charge in [-0.3, -0.25) is 14.8 Å². The summed E-state index contributed by atoms with van der Waals surface area (Å²) in [5.74, 6) is 1.09. The molecule has 1 atom stereocenters. The van der Waals surface area contributed by atoms with E-state index in [0.717, 1.165) is 58.2 Å².